The predicted octanol–water partition coefficient (Wildman–Crippen LogP) is 2.72. The summed E-state index contributed by atoms with van der Waals surface area (Å²) < 4.78 is 0. The van der Waals surface area contributed by atoms with Crippen molar-refractivity contribution < 1.29 is 9.59 Å². The number of rotatable bonds is 4. The highest BCUT2D eigenvalue weighted by atomic mass is 16.2. The number of nitrogens with zero attached hydrogens (tertiary/aromatic N) is 1. The molecular weight excluding hydrogens is 252 g/mol. The van der Waals surface area contributed by atoms with Gasteiger partial charge in [0.1, 0.15) is 12.1 Å². The number of carbonyl (C=O) groups is 2. The Balaban J connectivity index is 3.10. The topological polar surface area (TPSA) is 49.4 Å². The van der Waals surface area contributed by atoms with Crippen molar-refractivity contribution in [3.63, 3.8) is 0 Å². The Morgan fingerprint density at radius 2 is 1.60 bits per heavy atom. The van der Waals surface area contributed by atoms with E-state index < -0.39 is 5.54 Å². The van der Waals surface area contributed by atoms with Crippen molar-refractivity contribution in [3.8, 4) is 0 Å². The lowest BCUT2D eigenvalue weighted by Gasteiger charge is -2.49. The second kappa shape index (κ2) is 5.38. The first kappa shape index (κ1) is 17.0. The molecule has 4 nitrogen and oxygen atoms in total. The van der Waals surface area contributed by atoms with Gasteiger partial charge >= 0.3 is 0 Å². The molecule has 20 heavy (non-hydrogen) atoms. The smallest absolute Gasteiger partial charge is 0.249 e. The van der Waals surface area contributed by atoms with Gasteiger partial charge in [0.2, 0.25) is 11.8 Å². The summed E-state index contributed by atoms with van der Waals surface area (Å²) in [7, 11) is 0. The number of piperazine rings is 1. The van der Waals surface area contributed by atoms with E-state index in [-0.39, 0.29) is 29.3 Å². The standard InChI is InChI=1S/C16H30N2O2/c1-8-16(9-2)13(20)18(10-12(19)17-16)15(6,7)11-14(3,4)5/h8-11H2,1-7H3,(H,17,19). The van der Waals surface area contributed by atoms with E-state index >= 15 is 0 Å². The lowest BCUT2D eigenvalue weighted by atomic mass is 9.78. The molecule has 2 amide bonds. The fourth-order valence-corrected chi connectivity index (χ4v) is 3.45. The van der Waals surface area contributed by atoms with Crippen molar-refractivity contribution in [3.05, 3.63) is 0 Å². The molecule has 1 fully saturated rings. The first-order valence-electron chi connectivity index (χ1n) is 7.60. The van der Waals surface area contributed by atoms with Crippen molar-refractivity contribution in [1.29, 1.82) is 0 Å². The van der Waals surface area contributed by atoms with Crippen LogP contribution in [0.5, 0.6) is 0 Å². The molecule has 0 bridgehead atoms. The highest BCUT2D eigenvalue weighted by Gasteiger charge is 2.48. The summed E-state index contributed by atoms with van der Waals surface area (Å²) in [5, 5.41) is 2.91. The van der Waals surface area contributed by atoms with Crippen LogP contribution in [-0.2, 0) is 9.59 Å². The number of hydrogen-bond donors (Lipinski definition) is 1. The lowest BCUT2D eigenvalue weighted by molar-refractivity contribution is -0.157. The minimum Gasteiger partial charge on any atom is -0.340 e. The molecule has 0 aliphatic carbocycles. The molecular formula is C16H30N2O2. The van der Waals surface area contributed by atoms with Gasteiger partial charge < -0.3 is 10.2 Å². The quantitative estimate of drug-likeness (QED) is 0.862. The Morgan fingerprint density at radius 1 is 1.10 bits per heavy atom. The van der Waals surface area contributed by atoms with E-state index in [4.69, 9.17) is 0 Å². The average Bonchev–Trinajstić information content (AvgIpc) is 2.28. The van der Waals surface area contributed by atoms with Crippen LogP contribution in [0, 0.1) is 5.41 Å². The average molecular weight is 282 g/mol. The largest absolute Gasteiger partial charge is 0.340 e. The van der Waals surface area contributed by atoms with Gasteiger partial charge in [-0.2, -0.15) is 0 Å². The van der Waals surface area contributed by atoms with Crippen LogP contribution in [-0.4, -0.2) is 34.3 Å². The van der Waals surface area contributed by atoms with E-state index in [1.165, 1.54) is 0 Å². The minimum atomic E-state index is -0.718. The van der Waals surface area contributed by atoms with Gasteiger partial charge in [0, 0.05) is 5.54 Å². The van der Waals surface area contributed by atoms with E-state index in [0.29, 0.717) is 12.8 Å². The Kier molecular flexibility index (Phi) is 4.57. The van der Waals surface area contributed by atoms with Crippen LogP contribution >= 0.6 is 0 Å². The normalized spacial score (nSPS) is 20.1. The maximum Gasteiger partial charge on any atom is 0.249 e. The molecule has 4 heteroatoms. The summed E-state index contributed by atoms with van der Waals surface area (Å²) in [6.45, 7) is 14.7. The van der Waals surface area contributed by atoms with Crippen LogP contribution in [0.4, 0.5) is 0 Å². The monoisotopic (exact) mass is 282 g/mol. The van der Waals surface area contributed by atoms with E-state index in [9.17, 15) is 9.59 Å². The number of amides is 2. The molecule has 1 rings (SSSR count). The maximum atomic E-state index is 12.9. The molecule has 1 heterocycles. The third kappa shape index (κ3) is 3.33. The first-order valence-corrected chi connectivity index (χ1v) is 7.60. The molecule has 0 aromatic rings. The van der Waals surface area contributed by atoms with E-state index in [2.05, 4.69) is 39.9 Å². The van der Waals surface area contributed by atoms with Crippen LogP contribution in [0.2, 0.25) is 0 Å². The maximum absolute atomic E-state index is 12.9. The van der Waals surface area contributed by atoms with Crippen LogP contribution in [0.25, 0.3) is 0 Å². The van der Waals surface area contributed by atoms with Crippen molar-refractivity contribution >= 4 is 11.8 Å². The first-order chi connectivity index (χ1) is 8.97. The van der Waals surface area contributed by atoms with Gasteiger partial charge in [-0.1, -0.05) is 34.6 Å². The number of carbonyl (C=O) groups excluding carboxylic acids is 2. The number of nitrogens with one attached hydrogen (secondary N) is 1. The van der Waals surface area contributed by atoms with Gasteiger partial charge in [-0.25, -0.2) is 0 Å². The molecule has 1 aliphatic heterocycles. The van der Waals surface area contributed by atoms with Gasteiger partial charge in [-0.05, 0) is 38.5 Å². The summed E-state index contributed by atoms with van der Waals surface area (Å²) in [5.74, 6) is 0.0200. The summed E-state index contributed by atoms with van der Waals surface area (Å²) in [6.07, 6.45) is 2.13. The lowest BCUT2D eigenvalue weighted by Crippen LogP contribution is -2.70. The second-order valence-corrected chi connectivity index (χ2v) is 7.78. The highest BCUT2D eigenvalue weighted by molar-refractivity contribution is 5.98. The Hall–Kier alpha value is -1.06. The fraction of sp³-hybridized carbons (Fsp3) is 0.875. The predicted molar refractivity (Wildman–Crippen MR) is 81.3 cm³/mol. The van der Waals surface area contributed by atoms with Gasteiger partial charge in [0.25, 0.3) is 0 Å². The third-order valence-corrected chi connectivity index (χ3v) is 4.24. The molecule has 0 spiro atoms. The van der Waals surface area contributed by atoms with Gasteiger partial charge in [0.15, 0.2) is 0 Å². The Bertz CT molecular complexity index is 390. The summed E-state index contributed by atoms with van der Waals surface area (Å²) >= 11 is 0. The van der Waals surface area contributed by atoms with Crippen LogP contribution in [0.15, 0.2) is 0 Å². The van der Waals surface area contributed by atoms with Crippen LogP contribution in [0.1, 0.15) is 67.7 Å². The minimum absolute atomic E-state index is 0.0460. The number of hydrogen-bond acceptors (Lipinski definition) is 2. The molecule has 0 aromatic carbocycles. The van der Waals surface area contributed by atoms with E-state index in [1.54, 1.807) is 4.90 Å². The molecule has 116 valence electrons. The zero-order valence-electron chi connectivity index (χ0n) is 14.1. The molecule has 1 aliphatic rings. The Morgan fingerprint density at radius 3 is 2.00 bits per heavy atom. The molecule has 0 aromatic heterocycles. The molecule has 0 radical (unpaired) electrons. The van der Waals surface area contributed by atoms with E-state index in [0.717, 1.165) is 6.42 Å². The van der Waals surface area contributed by atoms with Gasteiger partial charge in [-0.15, -0.1) is 0 Å². The van der Waals surface area contributed by atoms with Crippen molar-refractivity contribution in [1.82, 2.24) is 10.2 Å². The molecule has 1 N–H and O–H groups in total. The van der Waals surface area contributed by atoms with Crippen LogP contribution in [0.3, 0.4) is 0 Å². The van der Waals surface area contributed by atoms with Gasteiger partial charge in [-0.3, -0.25) is 9.59 Å². The molecule has 0 unspecified atom stereocenters. The fourth-order valence-electron chi connectivity index (χ4n) is 3.45. The van der Waals surface area contributed by atoms with Crippen molar-refractivity contribution in [2.75, 3.05) is 6.54 Å². The van der Waals surface area contributed by atoms with Crippen molar-refractivity contribution in [2.24, 2.45) is 5.41 Å². The summed E-state index contributed by atoms with van der Waals surface area (Å²) in [5.41, 5.74) is -0.925. The third-order valence-electron chi connectivity index (χ3n) is 4.24. The van der Waals surface area contributed by atoms with Crippen LogP contribution < -0.4 is 5.32 Å². The van der Waals surface area contributed by atoms with Crippen molar-refractivity contribution in [2.45, 2.75) is 78.8 Å². The van der Waals surface area contributed by atoms with E-state index in [1.807, 2.05) is 13.8 Å². The zero-order valence-corrected chi connectivity index (χ0v) is 14.1. The SMILES string of the molecule is CCC1(CC)NC(=O)CN(C(C)(C)CC(C)(C)C)C1=O. The molecule has 0 saturated carbocycles. The van der Waals surface area contributed by atoms with Gasteiger partial charge in [0.05, 0.1) is 0 Å². The second-order valence-electron chi connectivity index (χ2n) is 7.78. The zero-order chi connectivity index (χ0) is 15.8. The Labute approximate surface area is 123 Å². The molecule has 1 saturated heterocycles. The summed E-state index contributed by atoms with van der Waals surface area (Å²) in [4.78, 5) is 26.7. The summed E-state index contributed by atoms with van der Waals surface area (Å²) in [6, 6.07) is 0. The molecule has 0 atom stereocenters. The highest BCUT2D eigenvalue weighted by Crippen LogP contribution is 2.34.